The quantitative estimate of drug-likeness (QED) is 0.465. The molecule has 4 N–H and O–H groups in total. The summed E-state index contributed by atoms with van der Waals surface area (Å²) in [5.41, 5.74) is 5.06. The van der Waals surface area contributed by atoms with Crippen molar-refractivity contribution in [2.45, 2.75) is 70.5 Å². The molecule has 0 saturated carbocycles. The zero-order chi connectivity index (χ0) is 21.7. The normalized spacial score (nSPS) is 14.0. The van der Waals surface area contributed by atoms with Crippen molar-refractivity contribution in [3.8, 4) is 11.3 Å². The van der Waals surface area contributed by atoms with Crippen LogP contribution in [0.4, 0.5) is 13.2 Å². The molecular weight excluding hydrogens is 383 g/mol. The van der Waals surface area contributed by atoms with E-state index in [1.54, 1.807) is 6.07 Å². The summed E-state index contributed by atoms with van der Waals surface area (Å²) >= 11 is 0. The summed E-state index contributed by atoms with van der Waals surface area (Å²) in [4.78, 5) is 17.9. The molecule has 0 aliphatic heterocycles. The van der Waals surface area contributed by atoms with Gasteiger partial charge in [-0.2, -0.15) is 13.2 Å². The molecule has 1 aromatic heterocycles. The molecule has 0 amide bonds. The Labute approximate surface area is 168 Å². The van der Waals surface area contributed by atoms with Crippen molar-refractivity contribution in [1.82, 2.24) is 9.97 Å². The van der Waals surface area contributed by atoms with E-state index in [1.165, 1.54) is 19.2 Å². The van der Waals surface area contributed by atoms with Crippen LogP contribution in [0.3, 0.4) is 0 Å². The molecule has 29 heavy (non-hydrogen) atoms. The number of aromatic nitrogens is 2. The Kier molecular flexibility index (Phi) is 7.46. The SMILES string of the molecule is CCCCCCCc1ccc(-c2cnc([C@@](C)(N)CC(=O)O)[nH]2)cc1C(F)(F)F. The van der Waals surface area contributed by atoms with Gasteiger partial charge >= 0.3 is 12.1 Å². The highest BCUT2D eigenvalue weighted by molar-refractivity contribution is 5.68. The number of nitrogens with one attached hydrogen (secondary N) is 1. The van der Waals surface area contributed by atoms with Crippen LogP contribution in [0.25, 0.3) is 11.3 Å². The van der Waals surface area contributed by atoms with Crippen molar-refractivity contribution in [2.24, 2.45) is 5.73 Å². The number of nitrogens with zero attached hydrogens (tertiary/aromatic N) is 1. The Hall–Kier alpha value is -2.35. The van der Waals surface area contributed by atoms with Crippen molar-refractivity contribution in [3.63, 3.8) is 0 Å². The Morgan fingerprint density at radius 2 is 1.90 bits per heavy atom. The number of hydrogen-bond donors (Lipinski definition) is 3. The van der Waals surface area contributed by atoms with Gasteiger partial charge < -0.3 is 15.8 Å². The molecule has 8 heteroatoms. The fourth-order valence-electron chi connectivity index (χ4n) is 3.30. The number of halogens is 3. The number of rotatable bonds is 10. The number of aryl methyl sites for hydroxylation is 1. The van der Waals surface area contributed by atoms with Gasteiger partial charge in [0.1, 0.15) is 5.82 Å². The number of benzene rings is 1. The summed E-state index contributed by atoms with van der Waals surface area (Å²) in [5, 5.41) is 8.96. The number of carboxylic acid groups (broad SMARTS) is 1. The lowest BCUT2D eigenvalue weighted by Crippen LogP contribution is -2.36. The van der Waals surface area contributed by atoms with Gasteiger partial charge in [0, 0.05) is 5.56 Å². The maximum absolute atomic E-state index is 13.6. The summed E-state index contributed by atoms with van der Waals surface area (Å²) in [6.45, 7) is 3.60. The molecule has 0 fully saturated rings. The lowest BCUT2D eigenvalue weighted by Gasteiger charge is -2.19. The van der Waals surface area contributed by atoms with Gasteiger partial charge in [-0.25, -0.2) is 4.98 Å². The molecule has 0 spiro atoms. The molecular formula is C21H28F3N3O2. The van der Waals surface area contributed by atoms with E-state index < -0.39 is 23.2 Å². The Bertz CT molecular complexity index is 829. The van der Waals surface area contributed by atoms with Crippen LogP contribution < -0.4 is 5.73 Å². The number of H-pyrrole nitrogens is 1. The van der Waals surface area contributed by atoms with Gasteiger partial charge in [0.05, 0.1) is 29.4 Å². The smallest absolute Gasteiger partial charge is 0.416 e. The highest BCUT2D eigenvalue weighted by atomic mass is 19.4. The molecule has 1 heterocycles. The first kappa shape index (κ1) is 22.9. The van der Waals surface area contributed by atoms with Crippen LogP contribution in [-0.4, -0.2) is 21.0 Å². The summed E-state index contributed by atoms with van der Waals surface area (Å²) in [7, 11) is 0. The van der Waals surface area contributed by atoms with E-state index in [0.717, 1.165) is 38.2 Å². The van der Waals surface area contributed by atoms with Crippen LogP contribution in [0.2, 0.25) is 0 Å². The zero-order valence-electron chi connectivity index (χ0n) is 16.8. The molecule has 2 rings (SSSR count). The summed E-state index contributed by atoms with van der Waals surface area (Å²) in [5.74, 6) is -0.876. The first-order valence-corrected chi connectivity index (χ1v) is 9.81. The highest BCUT2D eigenvalue weighted by Crippen LogP contribution is 2.36. The van der Waals surface area contributed by atoms with Crippen molar-refractivity contribution < 1.29 is 23.1 Å². The number of alkyl halides is 3. The second-order valence-electron chi connectivity index (χ2n) is 7.67. The highest BCUT2D eigenvalue weighted by Gasteiger charge is 2.34. The topological polar surface area (TPSA) is 92.0 Å². The number of carbonyl (C=O) groups is 1. The minimum Gasteiger partial charge on any atom is -0.481 e. The monoisotopic (exact) mass is 411 g/mol. The number of carboxylic acids is 1. The zero-order valence-corrected chi connectivity index (χ0v) is 16.8. The van der Waals surface area contributed by atoms with E-state index in [2.05, 4.69) is 16.9 Å². The van der Waals surface area contributed by atoms with E-state index in [4.69, 9.17) is 10.8 Å². The molecule has 0 aliphatic rings. The van der Waals surface area contributed by atoms with Crippen LogP contribution in [0.1, 0.15) is 69.3 Å². The third kappa shape index (κ3) is 6.32. The maximum atomic E-state index is 13.6. The minimum atomic E-state index is -4.46. The number of aliphatic carboxylic acids is 1. The van der Waals surface area contributed by atoms with Gasteiger partial charge in [0.2, 0.25) is 0 Å². The number of imidazole rings is 1. The molecule has 0 aliphatic carbocycles. The molecule has 0 saturated heterocycles. The van der Waals surface area contributed by atoms with Crippen molar-refractivity contribution in [3.05, 3.63) is 41.3 Å². The summed E-state index contributed by atoms with van der Waals surface area (Å²) in [6, 6.07) is 4.25. The molecule has 2 aromatic rings. The lowest BCUT2D eigenvalue weighted by molar-refractivity contribution is -0.139. The summed E-state index contributed by atoms with van der Waals surface area (Å²) < 4.78 is 40.8. The lowest BCUT2D eigenvalue weighted by atomic mass is 9.97. The van der Waals surface area contributed by atoms with Crippen LogP contribution in [-0.2, 0) is 22.9 Å². The number of aromatic amines is 1. The number of nitrogens with two attached hydrogens (primary N) is 1. The van der Waals surface area contributed by atoms with Gasteiger partial charge in [-0.15, -0.1) is 0 Å². The average molecular weight is 411 g/mol. The molecule has 160 valence electrons. The predicted molar refractivity (Wildman–Crippen MR) is 105 cm³/mol. The van der Waals surface area contributed by atoms with E-state index in [0.29, 0.717) is 17.7 Å². The third-order valence-corrected chi connectivity index (χ3v) is 4.91. The fraction of sp³-hybridized carbons (Fsp3) is 0.524. The first-order valence-electron chi connectivity index (χ1n) is 9.81. The van der Waals surface area contributed by atoms with Crippen LogP contribution in [0.5, 0.6) is 0 Å². The van der Waals surface area contributed by atoms with Crippen molar-refractivity contribution in [2.75, 3.05) is 0 Å². The van der Waals surface area contributed by atoms with E-state index in [9.17, 15) is 18.0 Å². The van der Waals surface area contributed by atoms with Crippen LogP contribution >= 0.6 is 0 Å². The molecule has 1 atom stereocenters. The molecule has 0 unspecified atom stereocenters. The average Bonchev–Trinajstić information content (AvgIpc) is 3.11. The molecule has 0 bridgehead atoms. The second-order valence-corrected chi connectivity index (χ2v) is 7.67. The van der Waals surface area contributed by atoms with Gasteiger partial charge in [-0.1, -0.05) is 44.7 Å². The maximum Gasteiger partial charge on any atom is 0.416 e. The molecule has 0 radical (unpaired) electrons. The Morgan fingerprint density at radius 1 is 1.21 bits per heavy atom. The summed E-state index contributed by atoms with van der Waals surface area (Å²) in [6.07, 6.45) is 1.79. The number of unbranched alkanes of at least 4 members (excludes halogenated alkanes) is 4. The van der Waals surface area contributed by atoms with E-state index in [-0.39, 0.29) is 17.8 Å². The Morgan fingerprint density at radius 3 is 2.52 bits per heavy atom. The van der Waals surface area contributed by atoms with Crippen molar-refractivity contribution >= 4 is 5.97 Å². The second kappa shape index (κ2) is 9.43. The minimum absolute atomic E-state index is 0.212. The fourth-order valence-corrected chi connectivity index (χ4v) is 3.30. The number of hydrogen-bond acceptors (Lipinski definition) is 3. The van der Waals surface area contributed by atoms with E-state index in [1.807, 2.05) is 0 Å². The van der Waals surface area contributed by atoms with Crippen molar-refractivity contribution in [1.29, 1.82) is 0 Å². The largest absolute Gasteiger partial charge is 0.481 e. The molecule has 1 aromatic carbocycles. The predicted octanol–water partition coefficient (Wildman–Crippen LogP) is 5.26. The first-order chi connectivity index (χ1) is 13.5. The standard InChI is InChI=1S/C21H28F3N3O2/c1-3-4-5-6-7-8-14-9-10-15(11-16(14)21(22,23)24)17-13-26-19(27-17)20(2,25)12-18(28)29/h9-11,13H,3-8,12,25H2,1-2H3,(H,26,27)(H,28,29)/t20-/m0/s1. The molecule has 5 nitrogen and oxygen atoms in total. The van der Waals surface area contributed by atoms with Gasteiger partial charge in [-0.3, -0.25) is 4.79 Å². The van der Waals surface area contributed by atoms with Crippen LogP contribution in [0.15, 0.2) is 24.4 Å². The Balaban J connectivity index is 2.25. The third-order valence-electron chi connectivity index (χ3n) is 4.91. The van der Waals surface area contributed by atoms with Gasteiger partial charge in [-0.05, 0) is 31.4 Å². The van der Waals surface area contributed by atoms with E-state index >= 15 is 0 Å². The van der Waals surface area contributed by atoms with Gasteiger partial charge in [0.25, 0.3) is 0 Å². The van der Waals surface area contributed by atoms with Gasteiger partial charge in [0.15, 0.2) is 0 Å². The van der Waals surface area contributed by atoms with Crippen LogP contribution in [0, 0.1) is 0 Å².